The van der Waals surface area contributed by atoms with E-state index in [0.29, 0.717) is 16.9 Å². The highest BCUT2D eigenvalue weighted by Crippen LogP contribution is 2.38. The van der Waals surface area contributed by atoms with Gasteiger partial charge in [-0.2, -0.15) is 5.10 Å². The Bertz CT molecular complexity index is 647. The van der Waals surface area contributed by atoms with Crippen LogP contribution in [0.3, 0.4) is 0 Å². The first-order chi connectivity index (χ1) is 8.95. The fourth-order valence-corrected chi connectivity index (χ4v) is 2.17. The number of nitrogens with zero attached hydrogens (tertiary/aromatic N) is 1. The van der Waals surface area contributed by atoms with Crippen LogP contribution >= 0.6 is 0 Å². The lowest BCUT2D eigenvalue weighted by molar-refractivity contribution is 0.0691. The molecule has 0 saturated carbocycles. The molecule has 0 spiro atoms. The van der Waals surface area contributed by atoms with Gasteiger partial charge in [-0.05, 0) is 31.0 Å². The summed E-state index contributed by atoms with van der Waals surface area (Å²) in [6, 6.07) is 3.77. The van der Waals surface area contributed by atoms with E-state index in [1.807, 2.05) is 26.0 Å². The molecule has 6 heteroatoms. The molecule has 0 aliphatic heterocycles. The number of aryl methyl sites for hydroxylation is 2. The number of methoxy groups -OCH3 is 1. The van der Waals surface area contributed by atoms with Gasteiger partial charge in [-0.15, -0.1) is 0 Å². The van der Waals surface area contributed by atoms with E-state index in [-0.39, 0.29) is 11.5 Å². The Kier molecular flexibility index (Phi) is 3.16. The standard InChI is InChI=1S/C13H15N3O3/c1-6-4-7(2)9(8(5-6)19-3)10-11(13(17)18)15-16-12(10)14/h4-5H,1-3H3,(H,17,18)(H3,14,15,16). The molecule has 0 atom stereocenters. The number of aromatic carboxylic acids is 1. The number of hydrogen-bond acceptors (Lipinski definition) is 4. The van der Waals surface area contributed by atoms with Crippen molar-refractivity contribution >= 4 is 11.8 Å². The van der Waals surface area contributed by atoms with Gasteiger partial charge >= 0.3 is 5.97 Å². The minimum atomic E-state index is -1.11. The maximum atomic E-state index is 11.2. The lowest BCUT2D eigenvalue weighted by atomic mass is 9.97. The van der Waals surface area contributed by atoms with Crippen LogP contribution in [0.25, 0.3) is 11.1 Å². The monoisotopic (exact) mass is 261 g/mol. The number of aromatic amines is 1. The zero-order valence-corrected chi connectivity index (χ0v) is 10.9. The smallest absolute Gasteiger partial charge is 0.354 e. The summed E-state index contributed by atoms with van der Waals surface area (Å²) >= 11 is 0. The minimum absolute atomic E-state index is 0.0391. The van der Waals surface area contributed by atoms with E-state index in [9.17, 15) is 9.90 Å². The number of hydrogen-bond donors (Lipinski definition) is 3. The fourth-order valence-electron chi connectivity index (χ4n) is 2.17. The molecule has 0 aliphatic rings. The van der Waals surface area contributed by atoms with E-state index in [0.717, 1.165) is 11.1 Å². The summed E-state index contributed by atoms with van der Waals surface area (Å²) in [5.74, 6) is -0.392. The van der Waals surface area contributed by atoms with E-state index in [4.69, 9.17) is 10.5 Å². The number of anilines is 1. The van der Waals surface area contributed by atoms with Crippen molar-refractivity contribution in [3.8, 4) is 16.9 Å². The number of nitrogens with one attached hydrogen (secondary N) is 1. The zero-order valence-electron chi connectivity index (χ0n) is 10.9. The Morgan fingerprint density at radius 2 is 2.05 bits per heavy atom. The summed E-state index contributed by atoms with van der Waals surface area (Å²) in [5, 5.41) is 15.4. The van der Waals surface area contributed by atoms with Gasteiger partial charge in [-0.25, -0.2) is 4.79 Å². The van der Waals surface area contributed by atoms with Gasteiger partial charge in [0.25, 0.3) is 0 Å². The predicted molar refractivity (Wildman–Crippen MR) is 71.4 cm³/mol. The molecule has 6 nitrogen and oxygen atoms in total. The van der Waals surface area contributed by atoms with Crippen LogP contribution < -0.4 is 10.5 Å². The van der Waals surface area contributed by atoms with Crippen molar-refractivity contribution in [1.82, 2.24) is 10.2 Å². The van der Waals surface area contributed by atoms with Crippen LogP contribution in [0.2, 0.25) is 0 Å². The number of nitrogens with two attached hydrogens (primary N) is 1. The largest absolute Gasteiger partial charge is 0.496 e. The minimum Gasteiger partial charge on any atom is -0.496 e. The summed E-state index contributed by atoms with van der Waals surface area (Å²) in [6.45, 7) is 3.82. The zero-order chi connectivity index (χ0) is 14.2. The first kappa shape index (κ1) is 12.9. The number of carboxylic acid groups (broad SMARTS) is 1. The molecule has 0 unspecified atom stereocenters. The molecular formula is C13H15N3O3. The first-order valence-electron chi connectivity index (χ1n) is 5.68. The second-order valence-corrected chi connectivity index (χ2v) is 4.32. The average molecular weight is 261 g/mol. The van der Waals surface area contributed by atoms with E-state index in [2.05, 4.69) is 10.2 Å². The Morgan fingerprint density at radius 3 is 2.63 bits per heavy atom. The normalized spacial score (nSPS) is 10.5. The third-order valence-electron chi connectivity index (χ3n) is 2.92. The topological polar surface area (TPSA) is 101 Å². The van der Waals surface area contributed by atoms with Gasteiger partial charge in [-0.1, -0.05) is 6.07 Å². The van der Waals surface area contributed by atoms with E-state index >= 15 is 0 Å². The van der Waals surface area contributed by atoms with Crippen LogP contribution in [0.1, 0.15) is 21.6 Å². The summed E-state index contributed by atoms with van der Waals surface area (Å²) in [7, 11) is 1.54. The van der Waals surface area contributed by atoms with Crippen molar-refractivity contribution < 1.29 is 14.6 Å². The molecule has 19 heavy (non-hydrogen) atoms. The van der Waals surface area contributed by atoms with Gasteiger partial charge in [0, 0.05) is 5.56 Å². The Labute approximate surface area is 110 Å². The average Bonchev–Trinajstić information content (AvgIpc) is 2.70. The Morgan fingerprint density at radius 1 is 1.37 bits per heavy atom. The first-order valence-corrected chi connectivity index (χ1v) is 5.68. The van der Waals surface area contributed by atoms with Crippen molar-refractivity contribution in [3.63, 3.8) is 0 Å². The maximum absolute atomic E-state index is 11.2. The van der Waals surface area contributed by atoms with Crippen molar-refractivity contribution in [2.75, 3.05) is 12.8 Å². The molecule has 0 amide bonds. The number of nitrogen functional groups attached to an aromatic ring is 1. The van der Waals surface area contributed by atoms with Crippen LogP contribution in [-0.2, 0) is 0 Å². The lowest BCUT2D eigenvalue weighted by Crippen LogP contribution is -2.02. The maximum Gasteiger partial charge on any atom is 0.354 e. The number of aromatic nitrogens is 2. The van der Waals surface area contributed by atoms with Crippen LogP contribution in [0.5, 0.6) is 5.75 Å². The van der Waals surface area contributed by atoms with Gasteiger partial charge in [0.2, 0.25) is 0 Å². The Hall–Kier alpha value is -2.50. The van der Waals surface area contributed by atoms with Crippen molar-refractivity contribution in [2.45, 2.75) is 13.8 Å². The second kappa shape index (κ2) is 4.64. The number of H-pyrrole nitrogens is 1. The molecule has 1 aromatic heterocycles. The van der Waals surface area contributed by atoms with Crippen LogP contribution in [0, 0.1) is 13.8 Å². The molecule has 0 radical (unpaired) electrons. The number of benzene rings is 1. The van der Waals surface area contributed by atoms with E-state index < -0.39 is 5.97 Å². The molecule has 4 N–H and O–H groups in total. The SMILES string of the molecule is COc1cc(C)cc(C)c1-c1c(N)n[nH]c1C(=O)O. The Balaban J connectivity index is 2.79. The molecule has 100 valence electrons. The van der Waals surface area contributed by atoms with Gasteiger partial charge in [0.15, 0.2) is 11.5 Å². The summed E-state index contributed by atoms with van der Waals surface area (Å²) in [4.78, 5) is 11.2. The van der Waals surface area contributed by atoms with Crippen molar-refractivity contribution in [1.29, 1.82) is 0 Å². The fraction of sp³-hybridized carbons (Fsp3) is 0.231. The highest BCUT2D eigenvalue weighted by molar-refractivity contribution is 5.99. The predicted octanol–water partition coefficient (Wildman–Crippen LogP) is 1.98. The molecule has 0 bridgehead atoms. The lowest BCUT2D eigenvalue weighted by Gasteiger charge is -2.13. The van der Waals surface area contributed by atoms with E-state index in [1.165, 1.54) is 7.11 Å². The van der Waals surface area contributed by atoms with Crippen molar-refractivity contribution in [3.05, 3.63) is 29.0 Å². The highest BCUT2D eigenvalue weighted by Gasteiger charge is 2.23. The van der Waals surface area contributed by atoms with Crippen molar-refractivity contribution in [2.24, 2.45) is 0 Å². The summed E-state index contributed by atoms with van der Waals surface area (Å²) < 4.78 is 5.33. The third-order valence-corrected chi connectivity index (χ3v) is 2.92. The van der Waals surface area contributed by atoms with Gasteiger partial charge in [0.1, 0.15) is 5.75 Å². The van der Waals surface area contributed by atoms with Gasteiger partial charge in [0.05, 0.1) is 12.7 Å². The number of rotatable bonds is 3. The molecule has 1 aromatic carbocycles. The molecule has 0 aliphatic carbocycles. The van der Waals surface area contributed by atoms with Gasteiger partial charge < -0.3 is 15.6 Å². The molecule has 2 aromatic rings. The van der Waals surface area contributed by atoms with Crippen LogP contribution in [0.15, 0.2) is 12.1 Å². The number of carboxylic acids is 1. The molecular weight excluding hydrogens is 246 g/mol. The van der Waals surface area contributed by atoms with Crippen LogP contribution in [0.4, 0.5) is 5.82 Å². The summed E-state index contributed by atoms with van der Waals surface area (Å²) in [5.41, 5.74) is 8.66. The number of ether oxygens (including phenoxy) is 1. The summed E-state index contributed by atoms with van der Waals surface area (Å²) in [6.07, 6.45) is 0. The molecule has 0 saturated heterocycles. The molecule has 0 fully saturated rings. The quantitative estimate of drug-likeness (QED) is 0.784. The molecule has 2 rings (SSSR count). The number of carbonyl (C=O) groups is 1. The third kappa shape index (κ3) is 2.12. The second-order valence-electron chi connectivity index (χ2n) is 4.32. The molecule has 1 heterocycles. The van der Waals surface area contributed by atoms with E-state index in [1.54, 1.807) is 0 Å². The van der Waals surface area contributed by atoms with Crippen LogP contribution in [-0.4, -0.2) is 28.4 Å². The highest BCUT2D eigenvalue weighted by atomic mass is 16.5. The van der Waals surface area contributed by atoms with Gasteiger partial charge in [-0.3, -0.25) is 5.10 Å².